The lowest BCUT2D eigenvalue weighted by atomic mass is 9.90. The molecule has 1 aromatic heterocycles. The first-order valence-electron chi connectivity index (χ1n) is 8.70. The van der Waals surface area contributed by atoms with Crippen LogP contribution in [-0.4, -0.2) is 48.6 Å². The van der Waals surface area contributed by atoms with Gasteiger partial charge in [0.2, 0.25) is 5.91 Å². The number of carbonyl (C=O) groups excluding carboxylic acids is 2. The monoisotopic (exact) mass is 356 g/mol. The molecule has 0 saturated carbocycles. The minimum absolute atomic E-state index is 0.0573. The summed E-state index contributed by atoms with van der Waals surface area (Å²) in [6.45, 7) is 3.42. The SMILES string of the molecule is Cc1ccc2c(=O)cc(C(=O)N3CCC4(CC3)CNC(=O)CO4)oc2c1. The summed E-state index contributed by atoms with van der Waals surface area (Å²) in [6.07, 6.45) is 1.27. The zero-order chi connectivity index (χ0) is 18.3. The zero-order valence-electron chi connectivity index (χ0n) is 14.5. The van der Waals surface area contributed by atoms with E-state index in [2.05, 4.69) is 5.32 Å². The number of nitrogens with zero attached hydrogens (tertiary/aromatic N) is 1. The van der Waals surface area contributed by atoms with E-state index in [9.17, 15) is 14.4 Å². The van der Waals surface area contributed by atoms with Crippen LogP contribution in [0, 0.1) is 6.92 Å². The van der Waals surface area contributed by atoms with Crippen LogP contribution in [0.3, 0.4) is 0 Å². The summed E-state index contributed by atoms with van der Waals surface area (Å²) in [5.74, 6) is -0.343. The minimum Gasteiger partial charge on any atom is -0.451 e. The molecule has 2 aliphatic heterocycles. The molecular formula is C19H20N2O5. The Balaban J connectivity index is 1.53. The number of amides is 2. The number of aryl methyl sites for hydroxylation is 1. The quantitative estimate of drug-likeness (QED) is 0.830. The third-order valence-corrected chi connectivity index (χ3v) is 5.17. The molecule has 0 aliphatic carbocycles. The van der Waals surface area contributed by atoms with Gasteiger partial charge < -0.3 is 19.4 Å². The Morgan fingerprint density at radius 1 is 1.19 bits per heavy atom. The fourth-order valence-electron chi connectivity index (χ4n) is 3.54. The average Bonchev–Trinajstić information content (AvgIpc) is 2.64. The molecule has 0 radical (unpaired) electrons. The van der Waals surface area contributed by atoms with Gasteiger partial charge in [0.05, 0.1) is 11.0 Å². The number of piperidine rings is 1. The Morgan fingerprint density at radius 3 is 2.65 bits per heavy atom. The molecule has 1 spiro atoms. The molecule has 7 heteroatoms. The molecule has 26 heavy (non-hydrogen) atoms. The van der Waals surface area contributed by atoms with Crippen LogP contribution in [0.1, 0.15) is 29.0 Å². The second-order valence-corrected chi connectivity index (χ2v) is 7.02. The molecule has 2 amide bonds. The van der Waals surface area contributed by atoms with Crippen molar-refractivity contribution in [1.29, 1.82) is 0 Å². The van der Waals surface area contributed by atoms with Crippen molar-refractivity contribution < 1.29 is 18.7 Å². The maximum atomic E-state index is 12.8. The molecule has 0 unspecified atom stereocenters. The van der Waals surface area contributed by atoms with Gasteiger partial charge in [0.1, 0.15) is 12.2 Å². The van der Waals surface area contributed by atoms with Crippen molar-refractivity contribution in [2.75, 3.05) is 26.2 Å². The van der Waals surface area contributed by atoms with Crippen LogP contribution in [-0.2, 0) is 9.53 Å². The second kappa shape index (κ2) is 6.25. The summed E-state index contributed by atoms with van der Waals surface area (Å²) in [7, 11) is 0. The van der Waals surface area contributed by atoms with Crippen LogP contribution in [0.5, 0.6) is 0 Å². The van der Waals surface area contributed by atoms with Crippen LogP contribution in [0.4, 0.5) is 0 Å². The predicted molar refractivity (Wildman–Crippen MR) is 94.1 cm³/mol. The van der Waals surface area contributed by atoms with Gasteiger partial charge in [-0.1, -0.05) is 6.07 Å². The Hall–Kier alpha value is -2.67. The molecule has 2 aliphatic rings. The predicted octanol–water partition coefficient (Wildman–Crippen LogP) is 1.22. The van der Waals surface area contributed by atoms with Gasteiger partial charge in [-0.05, 0) is 37.5 Å². The molecule has 3 heterocycles. The van der Waals surface area contributed by atoms with E-state index in [0.29, 0.717) is 43.4 Å². The van der Waals surface area contributed by atoms with Crippen LogP contribution in [0.25, 0.3) is 11.0 Å². The lowest BCUT2D eigenvalue weighted by Crippen LogP contribution is -2.58. The Morgan fingerprint density at radius 2 is 1.96 bits per heavy atom. The average molecular weight is 356 g/mol. The molecule has 136 valence electrons. The molecule has 1 N–H and O–H groups in total. The largest absolute Gasteiger partial charge is 0.451 e. The highest BCUT2D eigenvalue weighted by atomic mass is 16.5. The van der Waals surface area contributed by atoms with Crippen LogP contribution >= 0.6 is 0 Å². The van der Waals surface area contributed by atoms with Crippen LogP contribution in [0.2, 0.25) is 0 Å². The highest BCUT2D eigenvalue weighted by molar-refractivity contribution is 5.93. The number of nitrogens with one attached hydrogen (secondary N) is 1. The van der Waals surface area contributed by atoms with E-state index in [1.807, 2.05) is 13.0 Å². The molecule has 7 nitrogen and oxygen atoms in total. The van der Waals surface area contributed by atoms with E-state index in [1.165, 1.54) is 6.07 Å². The number of benzene rings is 1. The van der Waals surface area contributed by atoms with Crippen molar-refractivity contribution in [2.45, 2.75) is 25.4 Å². The summed E-state index contributed by atoms with van der Waals surface area (Å²) < 4.78 is 11.4. The first-order chi connectivity index (χ1) is 12.5. The van der Waals surface area contributed by atoms with Crippen LogP contribution < -0.4 is 10.7 Å². The summed E-state index contributed by atoms with van der Waals surface area (Å²) in [5.41, 5.74) is 0.766. The number of fused-ring (bicyclic) bond motifs is 1. The summed E-state index contributed by atoms with van der Waals surface area (Å²) in [5, 5.41) is 3.29. The number of ether oxygens (including phenoxy) is 1. The molecular weight excluding hydrogens is 336 g/mol. The van der Waals surface area contributed by atoms with Gasteiger partial charge in [0, 0.05) is 25.7 Å². The molecule has 1 aromatic carbocycles. The highest BCUT2D eigenvalue weighted by Crippen LogP contribution is 2.28. The fraction of sp³-hybridized carbons (Fsp3) is 0.421. The third-order valence-electron chi connectivity index (χ3n) is 5.17. The van der Waals surface area contributed by atoms with Crippen molar-refractivity contribution in [2.24, 2.45) is 0 Å². The second-order valence-electron chi connectivity index (χ2n) is 7.02. The Labute approximate surface area is 149 Å². The number of likely N-dealkylation sites (tertiary alicyclic amines) is 1. The van der Waals surface area contributed by atoms with Crippen molar-refractivity contribution >= 4 is 22.8 Å². The minimum atomic E-state index is -0.397. The van der Waals surface area contributed by atoms with Gasteiger partial charge in [-0.2, -0.15) is 0 Å². The van der Waals surface area contributed by atoms with E-state index >= 15 is 0 Å². The number of carbonyl (C=O) groups is 2. The van der Waals surface area contributed by atoms with E-state index in [0.717, 1.165) is 5.56 Å². The van der Waals surface area contributed by atoms with Crippen molar-refractivity contribution in [3.8, 4) is 0 Å². The molecule has 2 saturated heterocycles. The molecule has 4 rings (SSSR count). The smallest absolute Gasteiger partial charge is 0.289 e. The van der Waals surface area contributed by atoms with Gasteiger partial charge in [0.25, 0.3) is 5.91 Å². The molecule has 0 atom stereocenters. The van der Waals surface area contributed by atoms with Crippen LogP contribution in [0.15, 0.2) is 33.5 Å². The summed E-state index contributed by atoms with van der Waals surface area (Å²) >= 11 is 0. The highest BCUT2D eigenvalue weighted by Gasteiger charge is 2.40. The van der Waals surface area contributed by atoms with E-state index in [-0.39, 0.29) is 29.6 Å². The van der Waals surface area contributed by atoms with Gasteiger partial charge in [-0.25, -0.2) is 0 Å². The Kier molecular flexibility index (Phi) is 4.03. The maximum absolute atomic E-state index is 12.8. The van der Waals surface area contributed by atoms with Crippen molar-refractivity contribution in [3.05, 3.63) is 45.8 Å². The van der Waals surface area contributed by atoms with Crippen molar-refractivity contribution in [3.63, 3.8) is 0 Å². The Bertz CT molecular complexity index is 929. The first kappa shape index (κ1) is 16.8. The van der Waals surface area contributed by atoms with Gasteiger partial charge >= 0.3 is 0 Å². The summed E-state index contributed by atoms with van der Waals surface area (Å²) in [4.78, 5) is 38.0. The van der Waals surface area contributed by atoms with Gasteiger partial charge in [0.15, 0.2) is 11.2 Å². The molecule has 2 fully saturated rings. The number of rotatable bonds is 1. The van der Waals surface area contributed by atoms with Gasteiger partial charge in [-0.15, -0.1) is 0 Å². The number of hydrogen-bond acceptors (Lipinski definition) is 5. The maximum Gasteiger partial charge on any atom is 0.289 e. The van der Waals surface area contributed by atoms with Crippen molar-refractivity contribution in [1.82, 2.24) is 10.2 Å². The third kappa shape index (κ3) is 2.99. The van der Waals surface area contributed by atoms with Gasteiger partial charge in [-0.3, -0.25) is 14.4 Å². The molecule has 0 bridgehead atoms. The fourth-order valence-corrected chi connectivity index (χ4v) is 3.54. The number of hydrogen-bond donors (Lipinski definition) is 1. The topological polar surface area (TPSA) is 88.9 Å². The normalized spacial score (nSPS) is 19.6. The zero-order valence-corrected chi connectivity index (χ0v) is 14.5. The van der Waals surface area contributed by atoms with E-state index in [1.54, 1.807) is 17.0 Å². The first-order valence-corrected chi connectivity index (χ1v) is 8.70. The summed E-state index contributed by atoms with van der Waals surface area (Å²) in [6, 6.07) is 6.58. The standard InChI is InChI=1S/C19H20N2O5/c1-12-2-3-13-14(22)9-16(26-15(13)8-12)18(24)21-6-4-19(5-7-21)11-20-17(23)10-25-19/h2-3,8-9H,4-7,10-11H2,1H3,(H,20,23). The number of morpholine rings is 1. The van der Waals surface area contributed by atoms with E-state index < -0.39 is 5.60 Å². The lowest BCUT2D eigenvalue weighted by Gasteiger charge is -2.43. The molecule has 2 aromatic rings. The van der Waals surface area contributed by atoms with E-state index in [4.69, 9.17) is 9.15 Å². The lowest BCUT2D eigenvalue weighted by molar-refractivity contribution is -0.149.